The molecule has 16 heavy (non-hydrogen) atoms. The van der Waals surface area contributed by atoms with Crippen LogP contribution >= 0.6 is 0 Å². The maximum Gasteiger partial charge on any atom is 0.305 e. The molecule has 1 aliphatic rings. The highest BCUT2D eigenvalue weighted by molar-refractivity contribution is 5.69. The minimum Gasteiger partial charge on any atom is -0.486 e. The maximum absolute atomic E-state index is 10.7. The number of aliphatic carboxylic acids is 1. The molecule has 0 saturated carbocycles. The quantitative estimate of drug-likeness (QED) is 0.820. The summed E-state index contributed by atoms with van der Waals surface area (Å²) in [5.41, 5.74) is 0.874. The Labute approximate surface area is 94.2 Å². The summed E-state index contributed by atoms with van der Waals surface area (Å²) in [6.45, 7) is 2.00. The molecule has 4 heteroatoms. The van der Waals surface area contributed by atoms with Crippen molar-refractivity contribution in [1.29, 1.82) is 0 Å². The van der Waals surface area contributed by atoms with Gasteiger partial charge in [0.2, 0.25) is 0 Å². The second-order valence-corrected chi connectivity index (χ2v) is 3.91. The summed E-state index contributed by atoms with van der Waals surface area (Å²) in [5.74, 6) is -0.00470. The summed E-state index contributed by atoms with van der Waals surface area (Å²) in [7, 11) is 0. The van der Waals surface area contributed by atoms with E-state index in [1.807, 2.05) is 31.2 Å². The van der Waals surface area contributed by atoms with E-state index in [9.17, 15) is 4.79 Å². The van der Waals surface area contributed by atoms with Crippen molar-refractivity contribution in [2.24, 2.45) is 0 Å². The fourth-order valence-corrected chi connectivity index (χ4v) is 1.97. The average Bonchev–Trinajstić information content (AvgIpc) is 2.27. The molecule has 0 bridgehead atoms. The summed E-state index contributed by atoms with van der Waals surface area (Å²) < 4.78 is 5.77. The van der Waals surface area contributed by atoms with Crippen LogP contribution in [0.4, 0.5) is 5.69 Å². The van der Waals surface area contributed by atoms with Gasteiger partial charge in [0.1, 0.15) is 11.9 Å². The van der Waals surface area contributed by atoms with Gasteiger partial charge in [-0.25, -0.2) is 0 Å². The molecule has 0 aromatic heterocycles. The standard InChI is InChI=1S/C12H15NO3/c1-2-10-9(7-12(14)15)13-8-5-3-4-6-11(8)16-10/h3-6,9-10,13H,2,7H2,1H3,(H,14,15). The second-order valence-electron chi connectivity index (χ2n) is 3.91. The van der Waals surface area contributed by atoms with Gasteiger partial charge < -0.3 is 15.2 Å². The first-order chi connectivity index (χ1) is 7.70. The molecule has 86 valence electrons. The molecule has 1 aromatic carbocycles. The van der Waals surface area contributed by atoms with E-state index in [-0.39, 0.29) is 18.6 Å². The Balaban J connectivity index is 2.20. The van der Waals surface area contributed by atoms with Crippen LogP contribution in [0.2, 0.25) is 0 Å². The third-order valence-corrected chi connectivity index (χ3v) is 2.75. The highest BCUT2D eigenvalue weighted by Gasteiger charge is 2.29. The van der Waals surface area contributed by atoms with Crippen LogP contribution in [0, 0.1) is 0 Å². The van der Waals surface area contributed by atoms with E-state index in [4.69, 9.17) is 9.84 Å². The lowest BCUT2D eigenvalue weighted by Gasteiger charge is -2.33. The molecular formula is C12H15NO3. The monoisotopic (exact) mass is 221 g/mol. The Morgan fingerprint density at radius 3 is 2.94 bits per heavy atom. The number of rotatable bonds is 3. The topological polar surface area (TPSA) is 58.6 Å². The van der Waals surface area contributed by atoms with E-state index in [0.717, 1.165) is 17.9 Å². The first-order valence-electron chi connectivity index (χ1n) is 5.44. The van der Waals surface area contributed by atoms with Crippen LogP contribution in [0.3, 0.4) is 0 Å². The van der Waals surface area contributed by atoms with E-state index in [2.05, 4.69) is 5.32 Å². The van der Waals surface area contributed by atoms with Gasteiger partial charge in [0.05, 0.1) is 18.2 Å². The number of para-hydroxylation sites is 2. The Morgan fingerprint density at radius 2 is 2.25 bits per heavy atom. The number of carboxylic acid groups (broad SMARTS) is 1. The molecule has 2 N–H and O–H groups in total. The zero-order chi connectivity index (χ0) is 11.5. The molecule has 0 spiro atoms. The zero-order valence-corrected chi connectivity index (χ0v) is 9.14. The number of anilines is 1. The lowest BCUT2D eigenvalue weighted by atomic mass is 10.0. The molecule has 2 rings (SSSR count). The largest absolute Gasteiger partial charge is 0.486 e. The molecule has 2 unspecified atom stereocenters. The normalized spacial score (nSPS) is 22.8. The maximum atomic E-state index is 10.7. The van der Waals surface area contributed by atoms with Gasteiger partial charge in [-0.3, -0.25) is 4.79 Å². The van der Waals surface area contributed by atoms with Crippen LogP contribution in [0.25, 0.3) is 0 Å². The van der Waals surface area contributed by atoms with Crippen molar-refractivity contribution < 1.29 is 14.6 Å². The molecule has 0 saturated heterocycles. The SMILES string of the molecule is CCC1Oc2ccccc2NC1CC(=O)O. The summed E-state index contributed by atoms with van der Waals surface area (Å²) >= 11 is 0. The predicted molar refractivity (Wildman–Crippen MR) is 60.8 cm³/mol. The summed E-state index contributed by atoms with van der Waals surface area (Å²) in [6.07, 6.45) is 0.789. The van der Waals surface area contributed by atoms with Crippen LogP contribution in [-0.4, -0.2) is 23.2 Å². The molecule has 0 aliphatic carbocycles. The van der Waals surface area contributed by atoms with Gasteiger partial charge in [0.15, 0.2) is 0 Å². The Bertz CT molecular complexity index is 392. The molecular weight excluding hydrogens is 206 g/mol. The van der Waals surface area contributed by atoms with E-state index >= 15 is 0 Å². The number of carbonyl (C=O) groups is 1. The molecule has 0 fully saturated rings. The van der Waals surface area contributed by atoms with E-state index < -0.39 is 5.97 Å². The fourth-order valence-electron chi connectivity index (χ4n) is 1.97. The van der Waals surface area contributed by atoms with Crippen molar-refractivity contribution in [1.82, 2.24) is 0 Å². The van der Waals surface area contributed by atoms with Gasteiger partial charge in [-0.1, -0.05) is 19.1 Å². The van der Waals surface area contributed by atoms with Gasteiger partial charge >= 0.3 is 5.97 Å². The summed E-state index contributed by atoms with van der Waals surface area (Å²) in [5, 5.41) is 12.1. The highest BCUT2D eigenvalue weighted by Crippen LogP contribution is 2.32. The lowest BCUT2D eigenvalue weighted by Crippen LogP contribution is -2.42. The average molecular weight is 221 g/mol. The molecule has 4 nitrogen and oxygen atoms in total. The van der Waals surface area contributed by atoms with Crippen molar-refractivity contribution in [3.63, 3.8) is 0 Å². The fraction of sp³-hybridized carbons (Fsp3) is 0.417. The number of hydrogen-bond acceptors (Lipinski definition) is 3. The summed E-state index contributed by atoms with van der Waals surface area (Å²) in [4.78, 5) is 10.7. The van der Waals surface area contributed by atoms with Crippen LogP contribution < -0.4 is 10.1 Å². The minimum atomic E-state index is -0.807. The van der Waals surface area contributed by atoms with Crippen molar-refractivity contribution in [3.05, 3.63) is 24.3 Å². The predicted octanol–water partition coefficient (Wildman–Crippen LogP) is 2.11. The first-order valence-corrected chi connectivity index (χ1v) is 5.44. The number of benzene rings is 1. The molecule has 0 radical (unpaired) electrons. The van der Waals surface area contributed by atoms with Crippen molar-refractivity contribution in [3.8, 4) is 5.75 Å². The van der Waals surface area contributed by atoms with Crippen molar-refractivity contribution in [2.45, 2.75) is 31.9 Å². The van der Waals surface area contributed by atoms with Gasteiger partial charge in [0.25, 0.3) is 0 Å². The Hall–Kier alpha value is -1.71. The van der Waals surface area contributed by atoms with Crippen LogP contribution in [-0.2, 0) is 4.79 Å². The van der Waals surface area contributed by atoms with E-state index in [1.54, 1.807) is 0 Å². The van der Waals surface area contributed by atoms with Gasteiger partial charge in [0, 0.05) is 0 Å². The van der Waals surface area contributed by atoms with Crippen LogP contribution in [0.1, 0.15) is 19.8 Å². The molecule has 1 aliphatic heterocycles. The molecule has 2 atom stereocenters. The highest BCUT2D eigenvalue weighted by atomic mass is 16.5. The number of carboxylic acids is 1. The van der Waals surface area contributed by atoms with Crippen molar-refractivity contribution >= 4 is 11.7 Å². The van der Waals surface area contributed by atoms with Crippen LogP contribution in [0.5, 0.6) is 5.75 Å². The van der Waals surface area contributed by atoms with Crippen LogP contribution in [0.15, 0.2) is 24.3 Å². The number of fused-ring (bicyclic) bond motifs is 1. The third kappa shape index (κ3) is 2.10. The molecule has 1 aromatic rings. The van der Waals surface area contributed by atoms with E-state index in [0.29, 0.717) is 0 Å². The number of hydrogen-bond donors (Lipinski definition) is 2. The lowest BCUT2D eigenvalue weighted by molar-refractivity contribution is -0.137. The van der Waals surface area contributed by atoms with Gasteiger partial charge in [-0.2, -0.15) is 0 Å². The summed E-state index contributed by atoms with van der Waals surface area (Å²) in [6, 6.07) is 7.44. The first kappa shape index (κ1) is 10.8. The minimum absolute atomic E-state index is 0.0762. The molecule has 0 amide bonds. The van der Waals surface area contributed by atoms with E-state index in [1.165, 1.54) is 0 Å². The van der Waals surface area contributed by atoms with Crippen molar-refractivity contribution in [2.75, 3.05) is 5.32 Å². The third-order valence-electron chi connectivity index (χ3n) is 2.75. The smallest absolute Gasteiger partial charge is 0.305 e. The van der Waals surface area contributed by atoms with Gasteiger partial charge in [-0.05, 0) is 18.6 Å². The Morgan fingerprint density at radius 1 is 1.50 bits per heavy atom. The zero-order valence-electron chi connectivity index (χ0n) is 9.14. The second kappa shape index (κ2) is 4.43. The number of ether oxygens (including phenoxy) is 1. The van der Waals surface area contributed by atoms with Gasteiger partial charge in [-0.15, -0.1) is 0 Å². The molecule has 1 heterocycles. The number of nitrogens with one attached hydrogen (secondary N) is 1. The Kier molecular flexibility index (Phi) is 2.99.